The number of hydrogen-bond acceptors (Lipinski definition) is 3. The van der Waals surface area contributed by atoms with Gasteiger partial charge < -0.3 is 15.7 Å². The van der Waals surface area contributed by atoms with Crippen molar-refractivity contribution in [2.75, 3.05) is 6.54 Å². The van der Waals surface area contributed by atoms with Gasteiger partial charge in [0.2, 0.25) is 5.91 Å². The molecule has 1 unspecified atom stereocenters. The van der Waals surface area contributed by atoms with Crippen molar-refractivity contribution in [2.45, 2.75) is 25.3 Å². The van der Waals surface area contributed by atoms with Crippen molar-refractivity contribution in [3.05, 3.63) is 34.1 Å². The van der Waals surface area contributed by atoms with Gasteiger partial charge in [0.25, 0.3) is 5.91 Å². The number of rotatable bonds is 7. The lowest BCUT2D eigenvalue weighted by Crippen LogP contribution is -2.43. The average Bonchev–Trinajstić information content (AvgIpc) is 3.31. The normalized spacial score (nSPS) is 14.9. The number of hydrogen-bond donors (Lipinski definition) is 3. The molecule has 0 spiro atoms. The molecule has 1 aliphatic rings. The van der Waals surface area contributed by atoms with E-state index in [1.807, 2.05) is 0 Å². The van der Waals surface area contributed by atoms with Crippen molar-refractivity contribution >= 4 is 33.7 Å². The van der Waals surface area contributed by atoms with Gasteiger partial charge in [-0.05, 0) is 52.9 Å². The molecule has 6 nitrogen and oxygen atoms in total. The molecule has 1 aliphatic carbocycles. The minimum atomic E-state index is -1.05. The van der Waals surface area contributed by atoms with E-state index >= 15 is 0 Å². The number of carbonyl (C=O) groups is 3. The fraction of sp³-hybridized carbons (Fsp3) is 0.400. The molecule has 1 atom stereocenters. The maximum absolute atomic E-state index is 13.1. The molecule has 0 aliphatic heterocycles. The lowest BCUT2D eigenvalue weighted by Gasteiger charge is -2.13. The number of halogens is 2. The van der Waals surface area contributed by atoms with Gasteiger partial charge in [0, 0.05) is 17.4 Å². The summed E-state index contributed by atoms with van der Waals surface area (Å²) < 4.78 is 13.6. The van der Waals surface area contributed by atoms with E-state index < -0.39 is 29.6 Å². The zero-order chi connectivity index (χ0) is 17.0. The van der Waals surface area contributed by atoms with Gasteiger partial charge in [0.05, 0.1) is 5.56 Å². The van der Waals surface area contributed by atoms with Crippen molar-refractivity contribution in [3.63, 3.8) is 0 Å². The average molecular weight is 387 g/mol. The Bertz CT molecular complexity index is 634. The first-order valence-corrected chi connectivity index (χ1v) is 7.93. The first-order valence-electron chi connectivity index (χ1n) is 7.14. The molecule has 8 heteroatoms. The highest BCUT2D eigenvalue weighted by Gasteiger charge is 2.37. The molecular formula is C15H16BrFN2O4. The van der Waals surface area contributed by atoms with Crippen molar-refractivity contribution in [3.8, 4) is 0 Å². The molecule has 1 aromatic carbocycles. The summed E-state index contributed by atoms with van der Waals surface area (Å²) in [5.41, 5.74) is 0.131. The van der Waals surface area contributed by atoms with Crippen LogP contribution in [0.15, 0.2) is 22.7 Å². The molecule has 0 saturated heterocycles. The number of aliphatic carboxylic acids is 1. The highest BCUT2D eigenvalue weighted by Crippen LogP contribution is 2.32. The third-order valence-corrected chi connectivity index (χ3v) is 4.18. The smallest absolute Gasteiger partial charge is 0.326 e. The first-order chi connectivity index (χ1) is 10.9. The van der Waals surface area contributed by atoms with Gasteiger partial charge >= 0.3 is 5.97 Å². The summed E-state index contributed by atoms with van der Waals surface area (Å²) in [5.74, 6) is -2.54. The molecule has 1 saturated carbocycles. The van der Waals surface area contributed by atoms with E-state index in [0.717, 1.165) is 18.9 Å². The predicted octanol–water partition coefficient (Wildman–Crippen LogP) is 1.69. The van der Waals surface area contributed by atoms with E-state index in [2.05, 4.69) is 26.6 Å². The van der Waals surface area contributed by atoms with Gasteiger partial charge in [0.15, 0.2) is 0 Å². The second kappa shape index (κ2) is 7.54. The third-order valence-electron chi connectivity index (χ3n) is 3.49. The van der Waals surface area contributed by atoms with Gasteiger partial charge in [-0.25, -0.2) is 9.18 Å². The Morgan fingerprint density at radius 3 is 2.65 bits per heavy atom. The molecule has 0 heterocycles. The number of nitrogens with one attached hydrogen (secondary N) is 2. The Hall–Kier alpha value is -1.96. The number of amides is 2. The molecule has 0 bridgehead atoms. The van der Waals surface area contributed by atoms with Crippen molar-refractivity contribution < 1.29 is 23.9 Å². The maximum Gasteiger partial charge on any atom is 0.326 e. The van der Waals surface area contributed by atoms with Crippen LogP contribution in [-0.2, 0) is 9.59 Å². The standard InChI is InChI=1S/C15H16BrFN2O4/c16-11-4-3-9(17)7-10(11)14(21)18-6-5-12(20)19-13(15(22)23)8-1-2-8/h3-4,7-8,13H,1-2,5-6H2,(H,18,21)(H,19,20)(H,22,23). The van der Waals surface area contributed by atoms with E-state index in [4.69, 9.17) is 5.11 Å². The van der Waals surface area contributed by atoms with Gasteiger partial charge in [-0.2, -0.15) is 0 Å². The summed E-state index contributed by atoms with van der Waals surface area (Å²) in [7, 11) is 0. The molecule has 124 valence electrons. The van der Waals surface area contributed by atoms with E-state index in [1.165, 1.54) is 12.1 Å². The predicted molar refractivity (Wildman–Crippen MR) is 83.3 cm³/mol. The van der Waals surface area contributed by atoms with E-state index in [0.29, 0.717) is 4.47 Å². The minimum Gasteiger partial charge on any atom is -0.480 e. The van der Waals surface area contributed by atoms with Gasteiger partial charge in [-0.3, -0.25) is 9.59 Å². The fourth-order valence-corrected chi connectivity index (χ4v) is 2.54. The van der Waals surface area contributed by atoms with Crippen LogP contribution < -0.4 is 10.6 Å². The lowest BCUT2D eigenvalue weighted by molar-refractivity contribution is -0.142. The Labute approximate surface area is 140 Å². The molecule has 0 aromatic heterocycles. The SMILES string of the molecule is O=C(CCNC(=O)c1cc(F)ccc1Br)NC(C(=O)O)C1CC1. The second-order valence-corrected chi connectivity index (χ2v) is 6.21. The van der Waals surface area contributed by atoms with Crippen LogP contribution in [0.4, 0.5) is 4.39 Å². The van der Waals surface area contributed by atoms with E-state index in [1.54, 1.807) is 0 Å². The third kappa shape index (κ3) is 5.02. The van der Waals surface area contributed by atoms with Crippen LogP contribution in [0.3, 0.4) is 0 Å². The van der Waals surface area contributed by atoms with Crippen LogP contribution in [0.25, 0.3) is 0 Å². The van der Waals surface area contributed by atoms with Gasteiger partial charge in [-0.1, -0.05) is 0 Å². The fourth-order valence-electron chi connectivity index (χ4n) is 2.11. The van der Waals surface area contributed by atoms with Crippen LogP contribution in [0, 0.1) is 11.7 Å². The summed E-state index contributed by atoms with van der Waals surface area (Å²) in [6.07, 6.45) is 1.54. The Morgan fingerprint density at radius 1 is 1.35 bits per heavy atom. The number of carboxylic acid groups (broad SMARTS) is 1. The summed E-state index contributed by atoms with van der Waals surface area (Å²) >= 11 is 3.15. The van der Waals surface area contributed by atoms with Crippen LogP contribution in [-0.4, -0.2) is 35.5 Å². The second-order valence-electron chi connectivity index (χ2n) is 5.35. The monoisotopic (exact) mass is 386 g/mol. The number of carboxylic acids is 1. The van der Waals surface area contributed by atoms with E-state index in [9.17, 15) is 18.8 Å². The summed E-state index contributed by atoms with van der Waals surface area (Å²) in [6.45, 7) is 0.0324. The first kappa shape index (κ1) is 17.4. The molecule has 3 N–H and O–H groups in total. The Morgan fingerprint density at radius 2 is 2.04 bits per heavy atom. The highest BCUT2D eigenvalue weighted by molar-refractivity contribution is 9.10. The molecule has 2 amide bonds. The maximum atomic E-state index is 13.1. The summed E-state index contributed by atoms with van der Waals surface area (Å²) in [6, 6.07) is 2.87. The van der Waals surface area contributed by atoms with Crippen LogP contribution in [0.5, 0.6) is 0 Å². The minimum absolute atomic E-state index is 0.00529. The van der Waals surface area contributed by atoms with Crippen molar-refractivity contribution in [1.29, 1.82) is 0 Å². The molecular weight excluding hydrogens is 371 g/mol. The quantitative estimate of drug-likeness (QED) is 0.664. The number of benzene rings is 1. The topological polar surface area (TPSA) is 95.5 Å². The zero-order valence-electron chi connectivity index (χ0n) is 12.1. The van der Waals surface area contributed by atoms with E-state index in [-0.39, 0.29) is 24.4 Å². The highest BCUT2D eigenvalue weighted by atomic mass is 79.9. The largest absolute Gasteiger partial charge is 0.480 e. The Kier molecular flexibility index (Phi) is 5.70. The molecule has 1 fully saturated rings. The lowest BCUT2D eigenvalue weighted by atomic mass is 10.2. The van der Waals surface area contributed by atoms with Crippen molar-refractivity contribution in [1.82, 2.24) is 10.6 Å². The molecule has 2 rings (SSSR count). The summed E-state index contributed by atoms with van der Waals surface area (Å²) in [5, 5.41) is 14.0. The van der Waals surface area contributed by atoms with Gasteiger partial charge in [0.1, 0.15) is 11.9 Å². The molecule has 0 radical (unpaired) electrons. The zero-order valence-corrected chi connectivity index (χ0v) is 13.7. The molecule has 23 heavy (non-hydrogen) atoms. The van der Waals surface area contributed by atoms with Crippen LogP contribution in [0.2, 0.25) is 0 Å². The van der Waals surface area contributed by atoms with Gasteiger partial charge in [-0.15, -0.1) is 0 Å². The molecule has 1 aromatic rings. The van der Waals surface area contributed by atoms with Crippen LogP contribution in [0.1, 0.15) is 29.6 Å². The number of carbonyl (C=O) groups excluding carboxylic acids is 2. The summed E-state index contributed by atoms with van der Waals surface area (Å²) in [4.78, 5) is 34.7. The van der Waals surface area contributed by atoms with Crippen LogP contribution >= 0.6 is 15.9 Å². The Balaban J connectivity index is 1.79. The van der Waals surface area contributed by atoms with Crippen molar-refractivity contribution in [2.24, 2.45) is 5.92 Å².